The molecule has 0 unspecified atom stereocenters. The third-order valence-electron chi connectivity index (χ3n) is 1.23. The van der Waals surface area contributed by atoms with Crippen LogP contribution in [-0.4, -0.2) is 0 Å². The van der Waals surface area contributed by atoms with E-state index in [2.05, 4.69) is 29.2 Å². The summed E-state index contributed by atoms with van der Waals surface area (Å²) in [6, 6.07) is 5.46. The van der Waals surface area contributed by atoms with Crippen molar-refractivity contribution in [2.24, 2.45) is 0 Å². The monoisotopic (exact) mass is 298 g/mol. The van der Waals surface area contributed by atoms with Gasteiger partial charge in [0.05, 0.1) is 10.0 Å². The fourth-order valence-corrected chi connectivity index (χ4v) is 1.30. The van der Waals surface area contributed by atoms with Crippen LogP contribution in [0, 0.1) is 0 Å². The molecule has 0 bridgehead atoms. The molecule has 0 aliphatic carbocycles. The molecular weight excluding hydrogens is 294 g/mol. The van der Waals surface area contributed by atoms with Crippen LogP contribution < -0.4 is 0 Å². The maximum atomic E-state index is 5.78. The van der Waals surface area contributed by atoms with Gasteiger partial charge >= 0.3 is 0 Å². The second-order valence-electron chi connectivity index (χ2n) is 2.03. The first-order valence-electron chi connectivity index (χ1n) is 2.91. The van der Waals surface area contributed by atoms with E-state index in [1.807, 2.05) is 6.07 Å². The summed E-state index contributed by atoms with van der Waals surface area (Å²) in [5.74, 6) is 0. The maximum Gasteiger partial charge on any atom is 0.0598 e. The van der Waals surface area contributed by atoms with Crippen LogP contribution in [0.5, 0.6) is 0 Å². The Morgan fingerprint density at radius 1 is 1.27 bits per heavy atom. The molecule has 0 spiro atoms. The van der Waals surface area contributed by atoms with Gasteiger partial charge in [0.2, 0.25) is 0 Å². The number of hydrogen-bond donors (Lipinski definition) is 0. The van der Waals surface area contributed by atoms with Crippen molar-refractivity contribution in [3.63, 3.8) is 0 Å². The molecule has 0 N–H and O–H groups in total. The Morgan fingerprint density at radius 3 is 2.36 bits per heavy atom. The molecule has 0 aromatic heterocycles. The molecule has 3 heteroatoms. The van der Waals surface area contributed by atoms with Gasteiger partial charge in [-0.2, -0.15) is 0 Å². The SMILES string of the molecule is C=C(I)c1ccc(Cl)c(Cl)c1. The zero-order chi connectivity index (χ0) is 8.43. The molecule has 0 fully saturated rings. The molecule has 1 rings (SSSR count). The molecule has 1 aromatic carbocycles. The molecule has 0 saturated carbocycles. The highest BCUT2D eigenvalue weighted by molar-refractivity contribution is 14.1. The molecule has 11 heavy (non-hydrogen) atoms. The Bertz CT molecular complexity index is 294. The lowest BCUT2D eigenvalue weighted by Gasteiger charge is -1.99. The molecule has 0 saturated heterocycles. The maximum absolute atomic E-state index is 5.78. The first kappa shape index (κ1) is 9.36. The summed E-state index contributed by atoms with van der Waals surface area (Å²) in [5.41, 5.74) is 1.01. The third kappa shape index (κ3) is 2.36. The van der Waals surface area contributed by atoms with E-state index in [-0.39, 0.29) is 0 Å². The van der Waals surface area contributed by atoms with Gasteiger partial charge in [0.1, 0.15) is 0 Å². The first-order valence-corrected chi connectivity index (χ1v) is 4.74. The first-order chi connectivity index (χ1) is 5.11. The minimum absolute atomic E-state index is 0.571. The minimum atomic E-state index is 0.571. The fraction of sp³-hybridized carbons (Fsp3) is 0. The van der Waals surface area contributed by atoms with Gasteiger partial charge in [-0.05, 0) is 40.3 Å². The Kier molecular flexibility index (Phi) is 3.22. The van der Waals surface area contributed by atoms with Crippen molar-refractivity contribution >= 4 is 49.4 Å². The minimum Gasteiger partial charge on any atom is -0.0850 e. The van der Waals surface area contributed by atoms with E-state index in [0.29, 0.717) is 10.0 Å². The van der Waals surface area contributed by atoms with Crippen LogP contribution >= 0.6 is 45.8 Å². The van der Waals surface area contributed by atoms with Crippen LogP contribution in [0.1, 0.15) is 5.56 Å². The van der Waals surface area contributed by atoms with Gasteiger partial charge in [0, 0.05) is 3.58 Å². The highest BCUT2D eigenvalue weighted by Crippen LogP contribution is 2.27. The van der Waals surface area contributed by atoms with E-state index in [4.69, 9.17) is 23.2 Å². The summed E-state index contributed by atoms with van der Waals surface area (Å²) in [5, 5.41) is 1.15. The average molecular weight is 299 g/mol. The van der Waals surface area contributed by atoms with Crippen molar-refractivity contribution in [2.75, 3.05) is 0 Å². The van der Waals surface area contributed by atoms with Crippen molar-refractivity contribution in [3.8, 4) is 0 Å². The number of rotatable bonds is 1. The summed E-state index contributed by atoms with van der Waals surface area (Å²) in [7, 11) is 0. The van der Waals surface area contributed by atoms with Crippen LogP contribution in [0.25, 0.3) is 3.58 Å². The second kappa shape index (κ2) is 3.78. The number of benzene rings is 1. The Balaban J connectivity index is 3.15. The fourth-order valence-electron chi connectivity index (χ4n) is 0.665. The van der Waals surface area contributed by atoms with Crippen LogP contribution in [0.4, 0.5) is 0 Å². The van der Waals surface area contributed by atoms with Crippen molar-refractivity contribution < 1.29 is 0 Å². The summed E-state index contributed by atoms with van der Waals surface area (Å²) >= 11 is 13.6. The molecule has 0 radical (unpaired) electrons. The highest BCUT2D eigenvalue weighted by atomic mass is 127. The number of hydrogen-bond acceptors (Lipinski definition) is 0. The quantitative estimate of drug-likeness (QED) is 0.674. The van der Waals surface area contributed by atoms with Gasteiger partial charge in [-0.15, -0.1) is 0 Å². The summed E-state index contributed by atoms with van der Waals surface area (Å²) in [4.78, 5) is 0. The van der Waals surface area contributed by atoms with Crippen molar-refractivity contribution in [2.45, 2.75) is 0 Å². The molecule has 0 heterocycles. The Labute approximate surface area is 89.3 Å². The van der Waals surface area contributed by atoms with Crippen molar-refractivity contribution in [1.82, 2.24) is 0 Å². The highest BCUT2D eigenvalue weighted by Gasteiger charge is 1.99. The largest absolute Gasteiger partial charge is 0.0850 e. The predicted octanol–water partition coefficient (Wildman–Crippen LogP) is 4.40. The van der Waals surface area contributed by atoms with Crippen molar-refractivity contribution in [3.05, 3.63) is 40.4 Å². The lowest BCUT2D eigenvalue weighted by atomic mass is 10.2. The smallest absolute Gasteiger partial charge is 0.0598 e. The third-order valence-corrected chi connectivity index (χ3v) is 2.59. The van der Waals surface area contributed by atoms with Gasteiger partial charge in [-0.3, -0.25) is 0 Å². The molecule has 0 amide bonds. The van der Waals surface area contributed by atoms with Gasteiger partial charge in [-0.1, -0.05) is 35.8 Å². The van der Waals surface area contributed by atoms with Gasteiger partial charge in [0.25, 0.3) is 0 Å². The lowest BCUT2D eigenvalue weighted by molar-refractivity contribution is 1.66. The average Bonchev–Trinajstić information content (AvgIpc) is 1.94. The Morgan fingerprint density at radius 2 is 1.91 bits per heavy atom. The van der Waals surface area contributed by atoms with Crippen LogP contribution in [0.15, 0.2) is 24.8 Å². The van der Waals surface area contributed by atoms with Crippen LogP contribution in [-0.2, 0) is 0 Å². The zero-order valence-corrected chi connectivity index (χ0v) is 9.24. The van der Waals surface area contributed by atoms with Crippen LogP contribution in [0.3, 0.4) is 0 Å². The topological polar surface area (TPSA) is 0 Å². The van der Waals surface area contributed by atoms with E-state index in [0.717, 1.165) is 9.14 Å². The molecule has 0 nitrogen and oxygen atoms in total. The standard InChI is InChI=1S/C8H5Cl2I/c1-5(11)6-2-3-7(9)8(10)4-6/h2-4H,1H2. The second-order valence-corrected chi connectivity index (χ2v) is 4.15. The molecule has 1 aromatic rings. The van der Waals surface area contributed by atoms with Gasteiger partial charge < -0.3 is 0 Å². The Hall–Kier alpha value is 0.270. The van der Waals surface area contributed by atoms with E-state index in [1.54, 1.807) is 12.1 Å². The van der Waals surface area contributed by atoms with Crippen LogP contribution in [0.2, 0.25) is 10.0 Å². The zero-order valence-electron chi connectivity index (χ0n) is 5.57. The van der Waals surface area contributed by atoms with E-state index >= 15 is 0 Å². The molecule has 0 atom stereocenters. The molecule has 0 aliphatic heterocycles. The van der Waals surface area contributed by atoms with E-state index < -0.39 is 0 Å². The van der Waals surface area contributed by atoms with Gasteiger partial charge in [0.15, 0.2) is 0 Å². The van der Waals surface area contributed by atoms with Gasteiger partial charge in [-0.25, -0.2) is 0 Å². The molecule has 58 valence electrons. The number of halogens is 3. The van der Waals surface area contributed by atoms with Crippen molar-refractivity contribution in [1.29, 1.82) is 0 Å². The summed E-state index contributed by atoms with van der Waals surface area (Å²) < 4.78 is 0.959. The summed E-state index contributed by atoms with van der Waals surface area (Å²) in [6.45, 7) is 3.78. The molecular formula is C8H5Cl2I. The van der Waals surface area contributed by atoms with E-state index in [1.165, 1.54) is 0 Å². The molecule has 0 aliphatic rings. The summed E-state index contributed by atoms with van der Waals surface area (Å²) in [6.07, 6.45) is 0. The van der Waals surface area contributed by atoms with E-state index in [9.17, 15) is 0 Å². The lowest BCUT2D eigenvalue weighted by Crippen LogP contribution is -1.75. The normalized spacial score (nSPS) is 9.73. The predicted molar refractivity (Wildman–Crippen MR) is 59.5 cm³/mol.